The number of hydrogen-bond donors (Lipinski definition) is 2. The third kappa shape index (κ3) is 3.88. The van der Waals surface area contributed by atoms with Gasteiger partial charge in [-0.15, -0.1) is 0 Å². The Bertz CT molecular complexity index is 384. The predicted molar refractivity (Wildman–Crippen MR) is 78.1 cm³/mol. The maximum Gasteiger partial charge on any atom is 0.221 e. The number of nitrogens with two attached hydrogens (primary N) is 1. The van der Waals surface area contributed by atoms with E-state index < -0.39 is 15.3 Å². The maximum atomic E-state index is 12.1. The molecule has 1 rings (SSSR count). The first-order chi connectivity index (χ1) is 8.42. The number of nitrogens with one attached hydrogen (secondary N) is 1. The third-order valence-corrected chi connectivity index (χ3v) is 5.83. The van der Waals surface area contributed by atoms with Gasteiger partial charge in [-0.3, -0.25) is 4.90 Å². The highest BCUT2D eigenvalue weighted by molar-refractivity contribution is 7.93. The van der Waals surface area contributed by atoms with Crippen LogP contribution in [-0.2, 0) is 10.0 Å². The van der Waals surface area contributed by atoms with Crippen molar-refractivity contribution >= 4 is 27.2 Å². The zero-order chi connectivity index (χ0) is 13.8. The van der Waals surface area contributed by atoms with E-state index in [1.165, 1.54) is 0 Å². The van der Waals surface area contributed by atoms with Gasteiger partial charge in [0.05, 0.1) is 4.99 Å². The summed E-state index contributed by atoms with van der Waals surface area (Å²) < 4.78 is 26.8. The SMILES string of the molecule is CCC(C(N)=S)S(=O)(=O)NCC1CCCN1CC. The largest absolute Gasteiger partial charge is 0.392 e. The van der Waals surface area contributed by atoms with Crippen molar-refractivity contribution in [2.75, 3.05) is 19.6 Å². The molecular formula is C11H23N3O2S2. The van der Waals surface area contributed by atoms with E-state index in [1.54, 1.807) is 6.92 Å². The normalized spacial score (nSPS) is 23.1. The summed E-state index contributed by atoms with van der Waals surface area (Å²) in [5.74, 6) is 0. The standard InChI is InChI=1S/C11H23N3O2S2/c1-3-10(11(12)17)18(15,16)13-8-9-6-5-7-14(9)4-2/h9-10,13H,3-8H2,1-2H3,(H2,12,17). The molecule has 5 nitrogen and oxygen atoms in total. The number of rotatable bonds is 7. The molecule has 2 unspecified atom stereocenters. The minimum atomic E-state index is -3.43. The third-order valence-electron chi connectivity index (χ3n) is 3.49. The lowest BCUT2D eigenvalue weighted by atomic mass is 10.2. The van der Waals surface area contributed by atoms with Crippen LogP contribution < -0.4 is 10.5 Å². The molecule has 1 fully saturated rings. The summed E-state index contributed by atoms with van der Waals surface area (Å²) in [5, 5.41) is -0.760. The molecule has 0 bridgehead atoms. The van der Waals surface area contributed by atoms with E-state index in [-0.39, 0.29) is 4.99 Å². The van der Waals surface area contributed by atoms with E-state index in [1.807, 2.05) is 0 Å². The van der Waals surface area contributed by atoms with Gasteiger partial charge in [0.25, 0.3) is 0 Å². The number of likely N-dealkylation sites (N-methyl/N-ethyl adjacent to an activating group) is 1. The van der Waals surface area contributed by atoms with Gasteiger partial charge in [0.2, 0.25) is 10.0 Å². The Morgan fingerprint density at radius 3 is 2.72 bits per heavy atom. The lowest BCUT2D eigenvalue weighted by molar-refractivity contribution is 0.268. The number of likely N-dealkylation sites (tertiary alicyclic amines) is 1. The Kier molecular flexibility index (Phi) is 5.97. The monoisotopic (exact) mass is 293 g/mol. The second-order valence-corrected chi connectivity index (χ2v) is 7.04. The molecule has 1 heterocycles. The summed E-state index contributed by atoms with van der Waals surface area (Å²) in [4.78, 5) is 2.34. The fourth-order valence-corrected chi connectivity index (χ4v) is 4.35. The number of nitrogens with zero attached hydrogens (tertiary/aromatic N) is 1. The molecule has 0 amide bonds. The second-order valence-electron chi connectivity index (χ2n) is 4.62. The Labute approximate surface area is 115 Å². The van der Waals surface area contributed by atoms with E-state index in [0.717, 1.165) is 25.9 Å². The van der Waals surface area contributed by atoms with Crippen LogP contribution in [0.1, 0.15) is 33.1 Å². The molecule has 0 aliphatic carbocycles. The zero-order valence-corrected chi connectivity index (χ0v) is 12.7. The zero-order valence-electron chi connectivity index (χ0n) is 11.1. The van der Waals surface area contributed by atoms with Gasteiger partial charge in [-0.2, -0.15) is 0 Å². The highest BCUT2D eigenvalue weighted by atomic mass is 32.2. The molecule has 1 saturated heterocycles. The highest BCUT2D eigenvalue weighted by Crippen LogP contribution is 2.16. The van der Waals surface area contributed by atoms with Crippen molar-refractivity contribution in [1.29, 1.82) is 0 Å². The van der Waals surface area contributed by atoms with Crippen molar-refractivity contribution in [3.63, 3.8) is 0 Å². The van der Waals surface area contributed by atoms with Gasteiger partial charge in [0, 0.05) is 12.6 Å². The van der Waals surface area contributed by atoms with E-state index in [2.05, 4.69) is 16.5 Å². The fourth-order valence-electron chi connectivity index (χ4n) is 2.43. The van der Waals surface area contributed by atoms with Crippen LogP contribution in [0.15, 0.2) is 0 Å². The lowest BCUT2D eigenvalue weighted by Gasteiger charge is -2.24. The van der Waals surface area contributed by atoms with Gasteiger partial charge in [0.1, 0.15) is 5.25 Å². The van der Waals surface area contributed by atoms with Crippen LogP contribution in [0.2, 0.25) is 0 Å². The van der Waals surface area contributed by atoms with Crippen molar-refractivity contribution in [1.82, 2.24) is 9.62 Å². The predicted octanol–water partition coefficient (Wildman–Crippen LogP) is 0.455. The summed E-state index contributed by atoms with van der Waals surface area (Å²) in [7, 11) is -3.43. The maximum absolute atomic E-state index is 12.1. The van der Waals surface area contributed by atoms with E-state index >= 15 is 0 Å². The summed E-state index contributed by atoms with van der Waals surface area (Å²) in [6, 6.07) is 0.300. The first-order valence-corrected chi connectivity index (χ1v) is 8.39. The van der Waals surface area contributed by atoms with Crippen molar-refractivity contribution in [2.24, 2.45) is 5.73 Å². The smallest absolute Gasteiger partial charge is 0.221 e. The number of sulfonamides is 1. The van der Waals surface area contributed by atoms with Crippen LogP contribution in [0.3, 0.4) is 0 Å². The van der Waals surface area contributed by atoms with Crippen molar-refractivity contribution in [2.45, 2.75) is 44.4 Å². The Balaban J connectivity index is 2.58. The van der Waals surface area contributed by atoms with Crippen LogP contribution in [0.25, 0.3) is 0 Å². The minimum absolute atomic E-state index is 0.0452. The van der Waals surface area contributed by atoms with E-state index in [4.69, 9.17) is 18.0 Å². The average Bonchev–Trinajstić information content (AvgIpc) is 2.73. The topological polar surface area (TPSA) is 75.4 Å². The Morgan fingerprint density at radius 2 is 2.22 bits per heavy atom. The minimum Gasteiger partial charge on any atom is -0.392 e. The molecule has 1 aliphatic rings. The van der Waals surface area contributed by atoms with Crippen LogP contribution >= 0.6 is 12.2 Å². The second kappa shape index (κ2) is 6.79. The van der Waals surface area contributed by atoms with Crippen LogP contribution in [0.5, 0.6) is 0 Å². The quantitative estimate of drug-likeness (QED) is 0.667. The van der Waals surface area contributed by atoms with E-state index in [9.17, 15) is 8.42 Å². The number of hydrogen-bond acceptors (Lipinski definition) is 4. The fraction of sp³-hybridized carbons (Fsp3) is 0.909. The summed E-state index contributed by atoms with van der Waals surface area (Å²) in [6.07, 6.45) is 2.58. The van der Waals surface area contributed by atoms with Gasteiger partial charge in [0.15, 0.2) is 0 Å². The van der Waals surface area contributed by atoms with Crippen LogP contribution in [0, 0.1) is 0 Å². The summed E-state index contributed by atoms with van der Waals surface area (Å²) in [5.41, 5.74) is 5.47. The molecule has 0 aromatic heterocycles. The molecule has 2 atom stereocenters. The molecule has 0 radical (unpaired) electrons. The summed E-state index contributed by atoms with van der Waals surface area (Å²) in [6.45, 7) is 6.33. The molecular weight excluding hydrogens is 270 g/mol. The number of thiocarbonyl (C=S) groups is 1. The van der Waals surface area contributed by atoms with Gasteiger partial charge in [-0.1, -0.05) is 26.1 Å². The van der Waals surface area contributed by atoms with Gasteiger partial charge in [-0.25, -0.2) is 13.1 Å². The van der Waals surface area contributed by atoms with Gasteiger partial charge in [-0.05, 0) is 32.4 Å². The van der Waals surface area contributed by atoms with E-state index in [0.29, 0.717) is 19.0 Å². The molecule has 106 valence electrons. The van der Waals surface area contributed by atoms with Crippen molar-refractivity contribution in [3.8, 4) is 0 Å². The van der Waals surface area contributed by atoms with Crippen molar-refractivity contribution < 1.29 is 8.42 Å². The molecule has 0 saturated carbocycles. The average molecular weight is 293 g/mol. The summed E-state index contributed by atoms with van der Waals surface area (Å²) >= 11 is 4.81. The molecule has 1 aliphatic heterocycles. The molecule has 3 N–H and O–H groups in total. The van der Waals surface area contributed by atoms with Crippen LogP contribution in [-0.4, -0.2) is 49.2 Å². The Morgan fingerprint density at radius 1 is 1.56 bits per heavy atom. The van der Waals surface area contributed by atoms with Gasteiger partial charge >= 0.3 is 0 Å². The van der Waals surface area contributed by atoms with Crippen LogP contribution in [0.4, 0.5) is 0 Å². The van der Waals surface area contributed by atoms with Crippen molar-refractivity contribution in [3.05, 3.63) is 0 Å². The molecule has 0 spiro atoms. The Hall–Kier alpha value is -0.240. The lowest BCUT2D eigenvalue weighted by Crippen LogP contribution is -2.46. The molecule has 18 heavy (non-hydrogen) atoms. The molecule has 0 aromatic rings. The first kappa shape index (κ1) is 15.8. The first-order valence-electron chi connectivity index (χ1n) is 6.44. The molecule has 7 heteroatoms. The molecule has 0 aromatic carbocycles. The van der Waals surface area contributed by atoms with Gasteiger partial charge < -0.3 is 5.73 Å². The highest BCUT2D eigenvalue weighted by Gasteiger charge is 2.29.